The van der Waals surface area contributed by atoms with Crippen molar-refractivity contribution in [3.63, 3.8) is 0 Å². The number of halogens is 3. The van der Waals surface area contributed by atoms with Crippen LogP contribution in [0.3, 0.4) is 0 Å². The second kappa shape index (κ2) is 5.61. The molecule has 1 N–H and O–H groups in total. The highest BCUT2D eigenvalue weighted by atomic mass is 19.4. The van der Waals surface area contributed by atoms with Gasteiger partial charge in [-0.3, -0.25) is 4.98 Å². The molecule has 0 saturated heterocycles. The van der Waals surface area contributed by atoms with Gasteiger partial charge >= 0.3 is 6.18 Å². The van der Waals surface area contributed by atoms with Crippen LogP contribution >= 0.6 is 0 Å². The van der Waals surface area contributed by atoms with E-state index in [2.05, 4.69) is 9.97 Å². The number of alkyl halides is 3. The minimum atomic E-state index is -4.32. The minimum Gasteiger partial charge on any atom is -0.487 e. The van der Waals surface area contributed by atoms with Gasteiger partial charge in [-0.15, -0.1) is 0 Å². The Bertz CT molecular complexity index is 835. The SMILES string of the molecule is Cc1[nH]c2c(OCc3ccc(C(F)(F)F)cc3)ccnc2c1C. The van der Waals surface area contributed by atoms with Crippen molar-refractivity contribution in [1.29, 1.82) is 0 Å². The van der Waals surface area contributed by atoms with Crippen LogP contribution in [0.25, 0.3) is 11.0 Å². The van der Waals surface area contributed by atoms with Crippen LogP contribution in [0.5, 0.6) is 5.75 Å². The van der Waals surface area contributed by atoms with Crippen LogP contribution in [0, 0.1) is 13.8 Å². The highest BCUT2D eigenvalue weighted by Crippen LogP contribution is 2.30. The Balaban J connectivity index is 1.80. The van der Waals surface area contributed by atoms with Gasteiger partial charge in [0.15, 0.2) is 0 Å². The molecule has 0 atom stereocenters. The van der Waals surface area contributed by atoms with Gasteiger partial charge in [-0.1, -0.05) is 12.1 Å². The summed E-state index contributed by atoms with van der Waals surface area (Å²) in [6.07, 6.45) is -2.67. The number of aryl methyl sites for hydroxylation is 2. The number of rotatable bonds is 3. The molecular weight excluding hydrogens is 305 g/mol. The van der Waals surface area contributed by atoms with Crippen LogP contribution in [0.4, 0.5) is 13.2 Å². The Morgan fingerprint density at radius 1 is 1.09 bits per heavy atom. The van der Waals surface area contributed by atoms with Gasteiger partial charge in [-0.2, -0.15) is 13.2 Å². The molecule has 0 aliphatic heterocycles. The van der Waals surface area contributed by atoms with Crippen molar-refractivity contribution in [2.45, 2.75) is 26.6 Å². The lowest BCUT2D eigenvalue weighted by atomic mass is 10.1. The van der Waals surface area contributed by atoms with E-state index in [0.29, 0.717) is 11.3 Å². The lowest BCUT2D eigenvalue weighted by molar-refractivity contribution is -0.137. The highest BCUT2D eigenvalue weighted by Gasteiger charge is 2.29. The predicted octanol–water partition coefficient (Wildman–Crippen LogP) is 4.78. The summed E-state index contributed by atoms with van der Waals surface area (Å²) in [4.78, 5) is 7.54. The maximum absolute atomic E-state index is 12.5. The van der Waals surface area contributed by atoms with E-state index in [9.17, 15) is 13.2 Å². The van der Waals surface area contributed by atoms with Crippen molar-refractivity contribution in [1.82, 2.24) is 9.97 Å². The number of nitrogens with one attached hydrogen (secondary N) is 1. The Morgan fingerprint density at radius 2 is 1.78 bits per heavy atom. The van der Waals surface area contributed by atoms with Crippen LogP contribution in [-0.2, 0) is 12.8 Å². The van der Waals surface area contributed by atoms with Crippen molar-refractivity contribution >= 4 is 11.0 Å². The van der Waals surface area contributed by atoms with Gasteiger partial charge in [-0.05, 0) is 37.1 Å². The van der Waals surface area contributed by atoms with E-state index >= 15 is 0 Å². The lowest BCUT2D eigenvalue weighted by Crippen LogP contribution is -2.05. The molecule has 3 nitrogen and oxygen atoms in total. The predicted molar refractivity (Wildman–Crippen MR) is 81.3 cm³/mol. The second-order valence-corrected chi connectivity index (χ2v) is 5.39. The van der Waals surface area contributed by atoms with Crippen molar-refractivity contribution in [3.8, 4) is 5.75 Å². The fourth-order valence-electron chi connectivity index (χ4n) is 2.38. The topological polar surface area (TPSA) is 37.9 Å². The molecule has 0 fully saturated rings. The number of aromatic nitrogens is 2. The molecule has 0 aliphatic carbocycles. The van der Waals surface area contributed by atoms with Gasteiger partial charge in [0.1, 0.15) is 17.9 Å². The summed E-state index contributed by atoms with van der Waals surface area (Å²) >= 11 is 0. The molecule has 2 aromatic heterocycles. The number of aromatic amines is 1. The van der Waals surface area contributed by atoms with E-state index in [1.165, 1.54) is 12.1 Å². The van der Waals surface area contributed by atoms with Crippen molar-refractivity contribution < 1.29 is 17.9 Å². The van der Waals surface area contributed by atoms with Gasteiger partial charge in [-0.25, -0.2) is 0 Å². The van der Waals surface area contributed by atoms with Gasteiger partial charge in [0, 0.05) is 18.0 Å². The molecule has 3 rings (SSSR count). The molecule has 1 aromatic carbocycles. The number of benzene rings is 1. The molecule has 0 spiro atoms. The second-order valence-electron chi connectivity index (χ2n) is 5.39. The quantitative estimate of drug-likeness (QED) is 0.754. The molecular formula is C17H15F3N2O. The fraction of sp³-hybridized carbons (Fsp3) is 0.235. The first-order chi connectivity index (χ1) is 10.9. The number of hydrogen-bond acceptors (Lipinski definition) is 2. The number of hydrogen-bond donors (Lipinski definition) is 1. The zero-order valence-electron chi connectivity index (χ0n) is 12.7. The number of fused-ring (bicyclic) bond motifs is 1. The van der Waals surface area contributed by atoms with E-state index in [1.807, 2.05) is 13.8 Å². The number of nitrogens with zero attached hydrogens (tertiary/aromatic N) is 1. The average molecular weight is 320 g/mol. The largest absolute Gasteiger partial charge is 0.487 e. The summed E-state index contributed by atoms with van der Waals surface area (Å²) in [7, 11) is 0. The maximum atomic E-state index is 12.5. The molecule has 6 heteroatoms. The molecule has 0 bridgehead atoms. The molecule has 2 heterocycles. The molecule has 0 amide bonds. The Hall–Kier alpha value is -2.50. The van der Waals surface area contributed by atoms with Gasteiger partial charge in [0.05, 0.1) is 11.1 Å². The lowest BCUT2D eigenvalue weighted by Gasteiger charge is -2.09. The van der Waals surface area contributed by atoms with Crippen LogP contribution in [0.1, 0.15) is 22.4 Å². The third-order valence-electron chi connectivity index (χ3n) is 3.82. The first-order valence-corrected chi connectivity index (χ1v) is 7.09. The normalized spacial score (nSPS) is 11.9. The maximum Gasteiger partial charge on any atom is 0.416 e. The fourth-order valence-corrected chi connectivity index (χ4v) is 2.38. The van der Waals surface area contributed by atoms with Gasteiger partial charge < -0.3 is 9.72 Å². The zero-order chi connectivity index (χ0) is 16.6. The van der Waals surface area contributed by atoms with E-state index in [4.69, 9.17) is 4.74 Å². The molecule has 23 heavy (non-hydrogen) atoms. The third-order valence-corrected chi connectivity index (χ3v) is 3.82. The van der Waals surface area contributed by atoms with E-state index in [0.717, 1.165) is 34.4 Å². The van der Waals surface area contributed by atoms with E-state index in [-0.39, 0.29) is 6.61 Å². The zero-order valence-corrected chi connectivity index (χ0v) is 12.7. The van der Waals surface area contributed by atoms with Crippen LogP contribution in [0.15, 0.2) is 36.5 Å². The summed E-state index contributed by atoms with van der Waals surface area (Å²) < 4.78 is 43.4. The first kappa shape index (κ1) is 15.4. The van der Waals surface area contributed by atoms with E-state index in [1.54, 1.807) is 12.3 Å². The highest BCUT2D eigenvalue weighted by molar-refractivity contribution is 5.85. The number of pyridine rings is 1. The summed E-state index contributed by atoms with van der Waals surface area (Å²) in [6, 6.07) is 6.70. The van der Waals surface area contributed by atoms with E-state index < -0.39 is 11.7 Å². The van der Waals surface area contributed by atoms with Gasteiger partial charge in [0.25, 0.3) is 0 Å². The molecule has 0 unspecified atom stereocenters. The standard InChI is InChI=1S/C17H15F3N2O/c1-10-11(2)22-16-14(7-8-21-15(10)16)23-9-12-3-5-13(6-4-12)17(18,19)20/h3-8,22H,9H2,1-2H3. The van der Waals surface area contributed by atoms with Crippen LogP contribution in [0.2, 0.25) is 0 Å². The molecule has 3 aromatic rings. The van der Waals surface area contributed by atoms with Crippen molar-refractivity contribution in [2.75, 3.05) is 0 Å². The van der Waals surface area contributed by atoms with Crippen molar-refractivity contribution in [2.24, 2.45) is 0 Å². The summed E-state index contributed by atoms with van der Waals surface area (Å²) in [6.45, 7) is 4.12. The average Bonchev–Trinajstić information content (AvgIpc) is 2.81. The molecule has 0 aliphatic rings. The summed E-state index contributed by atoms with van der Waals surface area (Å²) in [5, 5.41) is 0. The minimum absolute atomic E-state index is 0.189. The molecule has 120 valence electrons. The Kier molecular flexibility index (Phi) is 3.75. The summed E-state index contributed by atoms with van der Waals surface area (Å²) in [5.41, 5.74) is 3.71. The van der Waals surface area contributed by atoms with Crippen molar-refractivity contribution in [3.05, 3.63) is 58.9 Å². The number of ether oxygens (including phenoxy) is 1. The monoisotopic (exact) mass is 320 g/mol. The molecule has 0 radical (unpaired) electrons. The summed E-state index contributed by atoms with van der Waals surface area (Å²) in [5.74, 6) is 0.631. The Morgan fingerprint density at radius 3 is 2.43 bits per heavy atom. The third kappa shape index (κ3) is 3.02. The van der Waals surface area contributed by atoms with Gasteiger partial charge in [0.2, 0.25) is 0 Å². The smallest absolute Gasteiger partial charge is 0.416 e. The first-order valence-electron chi connectivity index (χ1n) is 7.09. The Labute approximate surface area is 131 Å². The molecule has 0 saturated carbocycles. The van der Waals surface area contributed by atoms with Crippen LogP contribution in [-0.4, -0.2) is 9.97 Å². The number of H-pyrrole nitrogens is 1. The van der Waals surface area contributed by atoms with Crippen LogP contribution < -0.4 is 4.74 Å².